The number of hydrogen-bond donors (Lipinski definition) is 1. The molecular weight excluding hydrogens is 498 g/mol. The highest BCUT2D eigenvalue weighted by Crippen LogP contribution is 2.35. The van der Waals surface area contributed by atoms with E-state index in [9.17, 15) is 9.59 Å². The van der Waals surface area contributed by atoms with Crippen LogP contribution in [0, 0.1) is 0 Å². The summed E-state index contributed by atoms with van der Waals surface area (Å²) in [6, 6.07) is 18.3. The molecule has 1 aliphatic heterocycles. The molecular formula is C30H29N3O4S. The van der Waals surface area contributed by atoms with Crippen molar-refractivity contribution in [2.75, 3.05) is 6.79 Å². The molecule has 1 fully saturated rings. The predicted octanol–water partition coefficient (Wildman–Crippen LogP) is 5.86. The van der Waals surface area contributed by atoms with Gasteiger partial charge in [0.1, 0.15) is 6.04 Å². The number of carbonyl (C=O) groups excluding carboxylic acids is 2. The van der Waals surface area contributed by atoms with E-state index in [-0.39, 0.29) is 31.2 Å². The molecule has 1 N–H and O–H groups in total. The maximum atomic E-state index is 14.1. The van der Waals surface area contributed by atoms with Crippen LogP contribution in [0.2, 0.25) is 0 Å². The monoisotopic (exact) mass is 527 g/mol. The average Bonchev–Trinajstić information content (AvgIpc) is 3.65. The van der Waals surface area contributed by atoms with Crippen molar-refractivity contribution < 1.29 is 19.1 Å². The molecule has 0 spiro atoms. The second-order valence-corrected chi connectivity index (χ2v) is 10.7. The average molecular weight is 528 g/mol. The Labute approximate surface area is 225 Å². The summed E-state index contributed by atoms with van der Waals surface area (Å²) < 4.78 is 11.1. The van der Waals surface area contributed by atoms with Gasteiger partial charge in [0.25, 0.3) is 5.91 Å². The number of aromatic nitrogens is 1. The Kier molecular flexibility index (Phi) is 6.96. The van der Waals surface area contributed by atoms with Crippen LogP contribution in [0.4, 0.5) is 0 Å². The Morgan fingerprint density at radius 2 is 1.87 bits per heavy atom. The molecule has 2 aromatic heterocycles. The normalized spacial score (nSPS) is 15.8. The number of ether oxygens (including phenoxy) is 2. The van der Waals surface area contributed by atoms with Crippen molar-refractivity contribution in [1.82, 2.24) is 15.2 Å². The summed E-state index contributed by atoms with van der Waals surface area (Å²) in [7, 11) is 0. The van der Waals surface area contributed by atoms with Gasteiger partial charge < -0.3 is 19.7 Å². The van der Waals surface area contributed by atoms with E-state index < -0.39 is 6.04 Å². The minimum absolute atomic E-state index is 0.116. The van der Waals surface area contributed by atoms with E-state index >= 15 is 0 Å². The fourth-order valence-electron chi connectivity index (χ4n) is 5.32. The number of nitrogens with zero attached hydrogens (tertiary/aromatic N) is 2. The number of hydrogen-bond acceptors (Lipinski definition) is 6. The number of benzene rings is 2. The van der Waals surface area contributed by atoms with Gasteiger partial charge in [-0.15, -0.1) is 11.3 Å². The minimum Gasteiger partial charge on any atom is -0.454 e. The number of carbonyl (C=O) groups is 2. The number of nitrogens with one attached hydrogen (secondary N) is 1. The van der Waals surface area contributed by atoms with Crippen LogP contribution in [-0.2, 0) is 11.3 Å². The fraction of sp³-hybridized carbons (Fsp3) is 0.300. The lowest BCUT2D eigenvalue weighted by Crippen LogP contribution is -2.46. The standard InChI is InChI=1S/C30H29N3O4S/c34-29(32-23-7-2-1-3-8-23)28(22-11-12-24-21(17-22)6-4-14-31-24)33(30(35)27-9-5-15-38-27)18-20-10-13-25-26(16-20)37-19-36-25/h4-6,9-17,23,28H,1-3,7-8,18-19H2,(H,32,34)/t28-/m0/s1. The number of pyridine rings is 1. The van der Waals surface area contributed by atoms with E-state index in [4.69, 9.17) is 9.47 Å². The first-order chi connectivity index (χ1) is 18.7. The van der Waals surface area contributed by atoms with Crippen molar-refractivity contribution in [3.63, 3.8) is 0 Å². The van der Waals surface area contributed by atoms with Crippen LogP contribution < -0.4 is 14.8 Å². The highest BCUT2D eigenvalue weighted by molar-refractivity contribution is 7.12. The molecule has 38 heavy (non-hydrogen) atoms. The Bertz CT molecular complexity index is 1450. The van der Waals surface area contributed by atoms with Crippen LogP contribution >= 0.6 is 11.3 Å². The van der Waals surface area contributed by atoms with Crippen LogP contribution in [0.3, 0.4) is 0 Å². The maximum absolute atomic E-state index is 14.1. The van der Waals surface area contributed by atoms with Crippen LogP contribution in [0.25, 0.3) is 10.9 Å². The molecule has 2 amide bonds. The lowest BCUT2D eigenvalue weighted by molar-refractivity contribution is -0.127. The van der Waals surface area contributed by atoms with Crippen molar-refractivity contribution in [2.45, 2.75) is 50.7 Å². The van der Waals surface area contributed by atoms with Gasteiger partial charge >= 0.3 is 0 Å². The third-order valence-corrected chi connectivity index (χ3v) is 8.09. The number of fused-ring (bicyclic) bond motifs is 2. The molecule has 0 bridgehead atoms. The smallest absolute Gasteiger partial charge is 0.265 e. The van der Waals surface area contributed by atoms with Gasteiger partial charge in [-0.25, -0.2) is 0 Å². The zero-order valence-corrected chi connectivity index (χ0v) is 21.8. The van der Waals surface area contributed by atoms with E-state index in [0.717, 1.165) is 47.7 Å². The second kappa shape index (κ2) is 10.8. The van der Waals surface area contributed by atoms with Gasteiger partial charge in [-0.2, -0.15) is 0 Å². The molecule has 7 nitrogen and oxygen atoms in total. The second-order valence-electron chi connectivity index (χ2n) is 9.80. The molecule has 4 aromatic rings. The fourth-order valence-corrected chi connectivity index (χ4v) is 6.00. The topological polar surface area (TPSA) is 80.8 Å². The Morgan fingerprint density at radius 1 is 1.00 bits per heavy atom. The van der Waals surface area contributed by atoms with Crippen molar-refractivity contribution in [3.8, 4) is 11.5 Å². The molecule has 194 valence electrons. The first kappa shape index (κ1) is 24.4. The quantitative estimate of drug-likeness (QED) is 0.326. The molecule has 8 heteroatoms. The molecule has 2 aromatic carbocycles. The van der Waals surface area contributed by atoms with Gasteiger partial charge in [0, 0.05) is 24.2 Å². The van der Waals surface area contributed by atoms with Gasteiger partial charge in [-0.05, 0) is 65.7 Å². The highest BCUT2D eigenvalue weighted by Gasteiger charge is 2.34. The summed E-state index contributed by atoms with van der Waals surface area (Å²) in [4.78, 5) is 34.8. The largest absolute Gasteiger partial charge is 0.454 e. The van der Waals surface area contributed by atoms with Crippen LogP contribution in [0.1, 0.15) is 58.9 Å². The van der Waals surface area contributed by atoms with E-state index in [1.54, 1.807) is 17.2 Å². The molecule has 1 saturated carbocycles. The van der Waals surface area contributed by atoms with E-state index in [2.05, 4.69) is 10.3 Å². The lowest BCUT2D eigenvalue weighted by atomic mass is 9.94. The molecule has 0 saturated heterocycles. The number of rotatable bonds is 7. The molecule has 6 rings (SSSR count). The van der Waals surface area contributed by atoms with E-state index in [1.807, 2.05) is 60.0 Å². The van der Waals surface area contributed by atoms with Gasteiger partial charge in [0.15, 0.2) is 11.5 Å². The SMILES string of the molecule is O=C(NC1CCCCC1)[C@H](c1ccc2ncccc2c1)N(Cc1ccc2c(c1)OCO2)C(=O)c1cccs1. The molecule has 0 unspecified atom stereocenters. The van der Waals surface area contributed by atoms with Crippen molar-refractivity contribution >= 4 is 34.1 Å². The van der Waals surface area contributed by atoms with Crippen molar-refractivity contribution in [2.24, 2.45) is 0 Å². The van der Waals surface area contributed by atoms with Crippen LogP contribution in [-0.4, -0.2) is 34.5 Å². The summed E-state index contributed by atoms with van der Waals surface area (Å²) in [5.41, 5.74) is 2.45. The first-order valence-electron chi connectivity index (χ1n) is 13.0. The van der Waals surface area contributed by atoms with E-state index in [1.165, 1.54) is 17.8 Å². The van der Waals surface area contributed by atoms with Gasteiger partial charge in [-0.1, -0.05) is 43.5 Å². The Morgan fingerprint density at radius 3 is 2.71 bits per heavy atom. The first-order valence-corrected chi connectivity index (χ1v) is 13.9. The third kappa shape index (κ3) is 5.09. The minimum atomic E-state index is -0.818. The number of amides is 2. The molecule has 0 radical (unpaired) electrons. The van der Waals surface area contributed by atoms with Gasteiger partial charge in [-0.3, -0.25) is 14.6 Å². The molecule has 2 aliphatic rings. The summed E-state index contributed by atoms with van der Waals surface area (Å²) in [5, 5.41) is 6.09. The molecule has 1 atom stereocenters. The highest BCUT2D eigenvalue weighted by atomic mass is 32.1. The number of thiophene rings is 1. The summed E-state index contributed by atoms with van der Waals surface area (Å²) in [6.07, 6.45) is 7.07. The summed E-state index contributed by atoms with van der Waals surface area (Å²) in [6.45, 7) is 0.412. The molecule has 1 aliphatic carbocycles. The molecule has 3 heterocycles. The maximum Gasteiger partial charge on any atom is 0.265 e. The van der Waals surface area contributed by atoms with Crippen LogP contribution in [0.5, 0.6) is 11.5 Å². The Balaban J connectivity index is 1.42. The van der Waals surface area contributed by atoms with Gasteiger partial charge in [0.05, 0.1) is 10.4 Å². The van der Waals surface area contributed by atoms with Gasteiger partial charge in [0.2, 0.25) is 12.7 Å². The predicted molar refractivity (Wildman–Crippen MR) is 146 cm³/mol. The third-order valence-electron chi connectivity index (χ3n) is 7.24. The Hall–Kier alpha value is -3.91. The van der Waals surface area contributed by atoms with Crippen LogP contribution in [0.15, 0.2) is 72.2 Å². The zero-order chi connectivity index (χ0) is 25.9. The van der Waals surface area contributed by atoms with Crippen molar-refractivity contribution in [3.05, 3.63) is 88.2 Å². The lowest BCUT2D eigenvalue weighted by Gasteiger charge is -2.33. The summed E-state index contributed by atoms with van der Waals surface area (Å²) in [5.74, 6) is 0.975. The summed E-state index contributed by atoms with van der Waals surface area (Å²) >= 11 is 1.37. The van der Waals surface area contributed by atoms with Crippen molar-refractivity contribution in [1.29, 1.82) is 0 Å². The van der Waals surface area contributed by atoms with E-state index in [0.29, 0.717) is 16.4 Å². The zero-order valence-electron chi connectivity index (χ0n) is 21.0.